The molecule has 0 aromatic heterocycles. The lowest BCUT2D eigenvalue weighted by molar-refractivity contribution is 0.0486. The van der Waals surface area contributed by atoms with Crippen molar-refractivity contribution >= 4 is 15.9 Å². The Balaban J connectivity index is 1.49. The van der Waals surface area contributed by atoms with Gasteiger partial charge < -0.3 is 19.5 Å². The minimum absolute atomic E-state index is 0.00663. The summed E-state index contributed by atoms with van der Waals surface area (Å²) in [4.78, 5) is 19.2. The van der Waals surface area contributed by atoms with E-state index < -0.39 is 10.0 Å². The number of benzene rings is 2. The van der Waals surface area contributed by atoms with Crippen molar-refractivity contribution in [3.05, 3.63) is 53.6 Å². The Morgan fingerprint density at radius 3 is 2.48 bits per heavy atom. The van der Waals surface area contributed by atoms with Crippen LogP contribution >= 0.6 is 0 Å². The van der Waals surface area contributed by atoms with E-state index in [0.29, 0.717) is 36.8 Å². The topological polar surface area (TPSA) is 112 Å². The number of hydrogen-bond acceptors (Lipinski definition) is 7. The van der Waals surface area contributed by atoms with Crippen LogP contribution in [0, 0.1) is 0 Å². The number of ether oxygens (including phenoxy) is 3. The number of fused-ring (bicyclic) bond motifs is 1. The summed E-state index contributed by atoms with van der Waals surface area (Å²) in [6, 6.07) is 11.5. The van der Waals surface area contributed by atoms with Gasteiger partial charge in [-0.1, -0.05) is 11.0 Å². The fourth-order valence-electron chi connectivity index (χ4n) is 3.85. The predicted octanol–water partition coefficient (Wildman–Crippen LogP) is 1.73. The summed E-state index contributed by atoms with van der Waals surface area (Å²) >= 11 is 0. The fraction of sp³-hybridized carbons (Fsp3) is 0.381. The second kappa shape index (κ2) is 8.83. The van der Waals surface area contributed by atoms with Crippen molar-refractivity contribution in [3.8, 4) is 11.5 Å². The second-order valence-electron chi connectivity index (χ2n) is 7.46. The molecule has 0 unspecified atom stereocenters. The molecule has 2 aliphatic rings. The summed E-state index contributed by atoms with van der Waals surface area (Å²) in [7, 11) is -2.56. The highest BCUT2D eigenvalue weighted by atomic mass is 32.2. The standard InChI is InChI=1S/C21H24N2O7S/c1-27-23-31(25,26)17-5-2-15(3-6-17)20(24)22-13-21(8-10-28-11-9-21)16-4-7-18-19(12-16)30-14-29-18/h2-7,12,23H,8-11,13-14H2,1H3,(H,22,24). The second-order valence-corrected chi connectivity index (χ2v) is 9.10. The van der Waals surface area contributed by atoms with Crippen LogP contribution in [0.4, 0.5) is 0 Å². The maximum absolute atomic E-state index is 12.8. The van der Waals surface area contributed by atoms with Gasteiger partial charge in [-0.15, -0.1) is 0 Å². The Morgan fingerprint density at radius 1 is 1.06 bits per heavy atom. The first-order chi connectivity index (χ1) is 14.9. The lowest BCUT2D eigenvalue weighted by Crippen LogP contribution is -2.44. The molecule has 0 atom stereocenters. The zero-order valence-corrected chi connectivity index (χ0v) is 17.9. The van der Waals surface area contributed by atoms with Crippen LogP contribution in [-0.4, -0.2) is 48.0 Å². The minimum atomic E-state index is -3.77. The Morgan fingerprint density at radius 2 is 1.77 bits per heavy atom. The summed E-state index contributed by atoms with van der Waals surface area (Å²) in [5.41, 5.74) is 1.14. The smallest absolute Gasteiger partial charge is 0.262 e. The third-order valence-electron chi connectivity index (χ3n) is 5.64. The molecule has 10 heteroatoms. The van der Waals surface area contributed by atoms with Crippen LogP contribution in [0.25, 0.3) is 0 Å². The lowest BCUT2D eigenvalue weighted by Gasteiger charge is -2.38. The van der Waals surface area contributed by atoms with E-state index in [1.165, 1.54) is 31.4 Å². The van der Waals surface area contributed by atoms with E-state index in [4.69, 9.17) is 14.2 Å². The van der Waals surface area contributed by atoms with E-state index in [1.807, 2.05) is 23.1 Å². The van der Waals surface area contributed by atoms with Gasteiger partial charge in [0, 0.05) is 30.7 Å². The Labute approximate surface area is 180 Å². The minimum Gasteiger partial charge on any atom is -0.454 e. The molecule has 2 aromatic rings. The van der Waals surface area contributed by atoms with Crippen molar-refractivity contribution in [1.29, 1.82) is 0 Å². The van der Waals surface area contributed by atoms with Crippen LogP contribution < -0.4 is 19.7 Å². The van der Waals surface area contributed by atoms with Gasteiger partial charge in [0.1, 0.15) is 0 Å². The highest BCUT2D eigenvalue weighted by Crippen LogP contribution is 2.40. The van der Waals surface area contributed by atoms with Crippen LogP contribution in [0.15, 0.2) is 47.4 Å². The highest BCUT2D eigenvalue weighted by molar-refractivity contribution is 7.89. The van der Waals surface area contributed by atoms with Gasteiger partial charge in [-0.25, -0.2) is 8.42 Å². The van der Waals surface area contributed by atoms with E-state index in [0.717, 1.165) is 18.4 Å². The quantitative estimate of drug-likeness (QED) is 0.621. The molecule has 2 N–H and O–H groups in total. The summed E-state index contributed by atoms with van der Waals surface area (Å²) in [6.45, 7) is 1.82. The first-order valence-corrected chi connectivity index (χ1v) is 11.3. The van der Waals surface area contributed by atoms with Crippen LogP contribution in [-0.2, 0) is 25.0 Å². The number of hydrogen-bond donors (Lipinski definition) is 2. The monoisotopic (exact) mass is 448 g/mol. The molecule has 2 aromatic carbocycles. The molecule has 4 rings (SSSR count). The molecule has 1 saturated heterocycles. The van der Waals surface area contributed by atoms with Crippen molar-refractivity contribution in [2.75, 3.05) is 33.7 Å². The van der Waals surface area contributed by atoms with E-state index >= 15 is 0 Å². The van der Waals surface area contributed by atoms with Gasteiger partial charge in [-0.05, 0) is 54.8 Å². The fourth-order valence-corrected chi connectivity index (χ4v) is 4.66. The number of carbonyl (C=O) groups excluding carboxylic acids is 1. The van der Waals surface area contributed by atoms with Crippen molar-refractivity contribution in [2.45, 2.75) is 23.2 Å². The molecular weight excluding hydrogens is 424 g/mol. The third kappa shape index (κ3) is 4.52. The summed E-state index contributed by atoms with van der Waals surface area (Å²) in [5.74, 6) is 1.14. The molecule has 0 radical (unpaired) electrons. The van der Waals surface area contributed by atoms with Gasteiger partial charge in [0.15, 0.2) is 11.5 Å². The molecule has 0 bridgehead atoms. The first kappa shape index (κ1) is 21.6. The van der Waals surface area contributed by atoms with Gasteiger partial charge in [-0.2, -0.15) is 0 Å². The molecule has 0 saturated carbocycles. The average molecular weight is 448 g/mol. The number of carbonyl (C=O) groups is 1. The number of amides is 1. The maximum Gasteiger partial charge on any atom is 0.262 e. The van der Waals surface area contributed by atoms with Crippen LogP contribution in [0.2, 0.25) is 0 Å². The highest BCUT2D eigenvalue weighted by Gasteiger charge is 2.36. The van der Waals surface area contributed by atoms with E-state index in [2.05, 4.69) is 10.2 Å². The third-order valence-corrected chi connectivity index (χ3v) is 6.92. The van der Waals surface area contributed by atoms with Gasteiger partial charge >= 0.3 is 0 Å². The summed E-state index contributed by atoms with van der Waals surface area (Å²) in [6.07, 6.45) is 1.51. The molecule has 9 nitrogen and oxygen atoms in total. The zero-order chi connectivity index (χ0) is 21.9. The Bertz CT molecular complexity index is 1050. The molecule has 31 heavy (non-hydrogen) atoms. The van der Waals surface area contributed by atoms with Crippen molar-refractivity contribution in [3.63, 3.8) is 0 Å². The molecule has 2 aliphatic heterocycles. The first-order valence-electron chi connectivity index (χ1n) is 9.84. The average Bonchev–Trinajstić information content (AvgIpc) is 3.26. The van der Waals surface area contributed by atoms with E-state index in [9.17, 15) is 13.2 Å². The Kier molecular flexibility index (Phi) is 6.15. The van der Waals surface area contributed by atoms with Crippen LogP contribution in [0.5, 0.6) is 11.5 Å². The van der Waals surface area contributed by atoms with Gasteiger partial charge in [0.25, 0.3) is 15.9 Å². The molecule has 0 spiro atoms. The molecule has 166 valence electrons. The number of sulfonamides is 1. The van der Waals surface area contributed by atoms with Crippen LogP contribution in [0.1, 0.15) is 28.8 Å². The zero-order valence-electron chi connectivity index (χ0n) is 17.1. The van der Waals surface area contributed by atoms with Crippen molar-refractivity contribution in [2.24, 2.45) is 0 Å². The SMILES string of the molecule is CONS(=O)(=O)c1ccc(C(=O)NCC2(c3ccc4c(c3)OCO4)CCOCC2)cc1. The summed E-state index contributed by atoms with van der Waals surface area (Å²) in [5, 5.41) is 3.00. The molecule has 0 aliphatic carbocycles. The van der Waals surface area contributed by atoms with Crippen molar-refractivity contribution < 1.29 is 32.3 Å². The predicted molar refractivity (Wildman–Crippen MR) is 110 cm³/mol. The molecule has 2 heterocycles. The van der Waals surface area contributed by atoms with E-state index in [-0.39, 0.29) is 23.0 Å². The maximum atomic E-state index is 12.8. The van der Waals surface area contributed by atoms with Gasteiger partial charge in [0.2, 0.25) is 6.79 Å². The van der Waals surface area contributed by atoms with Gasteiger partial charge in [0.05, 0.1) is 12.0 Å². The summed E-state index contributed by atoms with van der Waals surface area (Å²) < 4.78 is 40.4. The normalized spacial score (nSPS) is 17.3. The Hall–Kier alpha value is -2.66. The molecule has 1 amide bonds. The van der Waals surface area contributed by atoms with E-state index in [1.54, 1.807) is 0 Å². The van der Waals surface area contributed by atoms with Crippen molar-refractivity contribution in [1.82, 2.24) is 10.2 Å². The molecule has 1 fully saturated rings. The molecular formula is C21H24N2O7S. The lowest BCUT2D eigenvalue weighted by atomic mass is 9.74. The number of rotatable bonds is 7. The number of nitrogens with one attached hydrogen (secondary N) is 2. The van der Waals surface area contributed by atoms with Gasteiger partial charge in [-0.3, -0.25) is 9.63 Å². The van der Waals surface area contributed by atoms with Crippen LogP contribution in [0.3, 0.4) is 0 Å². The largest absolute Gasteiger partial charge is 0.454 e.